The van der Waals surface area contributed by atoms with E-state index in [2.05, 4.69) is 41.9 Å². The zero-order chi connectivity index (χ0) is 83.7. The lowest BCUT2D eigenvalue weighted by molar-refractivity contribution is 0.0967. The van der Waals surface area contributed by atoms with Crippen molar-refractivity contribution in [2.75, 3.05) is 65.7 Å². The quantitative estimate of drug-likeness (QED) is 0.0194. The van der Waals surface area contributed by atoms with Gasteiger partial charge in [0.2, 0.25) is 40.1 Å². The summed E-state index contributed by atoms with van der Waals surface area (Å²) in [5.41, 5.74) is 9.13. The number of aromatic nitrogens is 4. The normalized spacial score (nSPS) is 12.0. The van der Waals surface area contributed by atoms with Gasteiger partial charge in [-0.2, -0.15) is 0 Å². The second kappa shape index (κ2) is 39.8. The van der Waals surface area contributed by atoms with Gasteiger partial charge in [-0.05, 0) is 223 Å². The number of benzene rings is 8. The predicted octanol–water partition coefficient (Wildman–Crippen LogP) is 15.4. The number of methoxy groups -OCH3 is 2. The number of hydrogen-bond acceptors (Lipinski definition) is 18. The molecule has 1 aliphatic rings. The van der Waals surface area contributed by atoms with Crippen LogP contribution in [-0.2, 0) is 78.6 Å². The number of carbonyl (C=O) groups excluding carboxylic acids is 4. The number of halogens is 5. The van der Waals surface area contributed by atoms with Gasteiger partial charge in [0.15, 0.2) is 0 Å². The Morgan fingerprint density at radius 3 is 1.07 bits per heavy atom. The van der Waals surface area contributed by atoms with Crippen molar-refractivity contribution in [2.24, 2.45) is 0 Å². The van der Waals surface area contributed by atoms with Gasteiger partial charge < -0.3 is 48.4 Å². The van der Waals surface area contributed by atoms with Gasteiger partial charge in [0.1, 0.15) is 57.3 Å². The minimum absolute atomic E-state index is 0.203. The maximum absolute atomic E-state index is 12.5. The highest BCUT2D eigenvalue weighted by molar-refractivity contribution is 9.10. The largest absolute Gasteiger partial charge is 0.497 e. The van der Waals surface area contributed by atoms with Crippen molar-refractivity contribution in [3.63, 3.8) is 0 Å². The molecule has 614 valence electrons. The number of ether oxygens (including phenoxy) is 6. The Balaban J connectivity index is 0.000000163. The third kappa shape index (κ3) is 25.3. The van der Waals surface area contributed by atoms with Gasteiger partial charge in [-0.15, -0.1) is 0 Å². The first-order valence-corrected chi connectivity index (χ1v) is 45.9. The van der Waals surface area contributed by atoms with Gasteiger partial charge in [-0.1, -0.05) is 101 Å². The van der Waals surface area contributed by atoms with Crippen molar-refractivity contribution in [3.8, 4) is 34.5 Å². The molecule has 0 fully saturated rings. The van der Waals surface area contributed by atoms with Crippen LogP contribution in [0.15, 0.2) is 168 Å². The van der Waals surface area contributed by atoms with Gasteiger partial charge in [-0.25, -0.2) is 52.6 Å². The molecule has 0 bridgehead atoms. The van der Waals surface area contributed by atoms with E-state index >= 15 is 0 Å². The lowest BCUT2D eigenvalue weighted by Gasteiger charge is -2.11. The van der Waals surface area contributed by atoms with Crippen molar-refractivity contribution in [1.82, 2.24) is 38.8 Å². The Morgan fingerprint density at radius 2 is 0.698 bits per heavy atom. The summed E-state index contributed by atoms with van der Waals surface area (Å²) >= 11 is 27.6. The van der Waals surface area contributed by atoms with Crippen molar-refractivity contribution in [2.45, 2.75) is 70.6 Å². The first-order chi connectivity index (χ1) is 55.1. The van der Waals surface area contributed by atoms with Crippen molar-refractivity contribution in [3.05, 3.63) is 245 Å². The molecule has 0 aliphatic heterocycles. The number of sulfonamides is 4. The Hall–Kier alpha value is -9.96. The minimum Gasteiger partial charge on any atom is -0.497 e. The average molecular weight is 1810 g/mol. The molecule has 8 N–H and O–H groups in total. The van der Waals surface area contributed by atoms with Crippen LogP contribution in [0.4, 0.5) is 0 Å². The maximum Gasteiger partial charge on any atom is 0.281 e. The van der Waals surface area contributed by atoms with Crippen LogP contribution >= 0.6 is 62.3 Å². The molecular formula is C81H83BrCl4N8O18S4. The minimum atomic E-state index is -3.68. The molecule has 0 saturated heterocycles. The van der Waals surface area contributed by atoms with Gasteiger partial charge in [0.25, 0.3) is 23.6 Å². The molecule has 12 aromatic rings. The van der Waals surface area contributed by atoms with E-state index in [0.29, 0.717) is 143 Å². The molecule has 35 heteroatoms. The summed E-state index contributed by atoms with van der Waals surface area (Å²) in [5, 5.41) is 5.39. The van der Waals surface area contributed by atoms with E-state index in [4.69, 9.17) is 74.8 Å². The van der Waals surface area contributed by atoms with Crippen molar-refractivity contribution in [1.29, 1.82) is 0 Å². The van der Waals surface area contributed by atoms with Crippen LogP contribution in [0.5, 0.6) is 34.5 Å². The fourth-order valence-corrected chi connectivity index (χ4v) is 15.8. The first-order valence-electron chi connectivity index (χ1n) is 36.0. The Bertz CT molecular complexity index is 6080. The number of aryl methyl sites for hydroxylation is 5. The molecule has 116 heavy (non-hydrogen) atoms. The SMILES string of the molecule is COc1ccc(OCCCc2c(C(=O)NS(C)(=O)=O)[nH]c3cc(Cl)ccc23)cc1.COc1cccc(OCCCc2c(C(=O)NS(C)(=O)=O)[nH]c3cc(Cl)ccc23)c1.CS(=O)(=O)NC(=O)c1[nH]c2cc(Cl)ccc2c1CCCOc1cccc2c1CCC2.CS(=O)(=O)NC(=O)c1[nH]c2cc(Cl)ccc2c1CCCOc1ccccc1Br. The Morgan fingerprint density at radius 1 is 0.371 bits per heavy atom. The second-order valence-electron chi connectivity index (χ2n) is 26.8. The van der Waals surface area contributed by atoms with Crippen LogP contribution in [0.3, 0.4) is 0 Å². The second-order valence-corrected chi connectivity index (χ2v) is 36.4. The molecule has 1 aliphatic carbocycles. The molecule has 4 aromatic heterocycles. The van der Waals surface area contributed by atoms with E-state index in [1.807, 2.05) is 122 Å². The lowest BCUT2D eigenvalue weighted by Crippen LogP contribution is -2.30. The standard InChI is InChI=1S/C22H23ClN2O4S.2C20H21ClN2O5S.C19H18BrClN2O4S/c1-30(27,28)25-22(26)21-18(17-11-10-15(23)13-19(17)24-21)8-4-12-29-20-9-3-6-14-5-2-7-16(14)20;1-27-14-5-3-6-15(12-14)28-10-4-7-17-16-9-8-13(21)11-18(16)22-19(17)20(24)23-29(2,25)26;1-27-14-6-8-15(9-7-14)28-11-3-4-17-16-10-5-13(21)12-18(16)22-19(17)20(24)23-29(2,25)26;1-28(25,26)23-19(24)18-14(13-9-8-12(21)11-16(13)22-18)5-4-10-27-17-7-3-2-6-15(17)20/h3,6,9-11,13,24H,2,4-5,7-8,12H2,1H3,(H,25,26);3,5-6,8-9,11-12,22H,4,7,10H2,1-2H3,(H,23,24);5-10,12,22H,3-4,11H2,1-2H3,(H,23,24);2-3,6-9,11,22H,4-5,10H2,1H3,(H,23,24). The van der Waals surface area contributed by atoms with E-state index in [-0.39, 0.29) is 22.8 Å². The summed E-state index contributed by atoms with van der Waals surface area (Å²) in [7, 11) is -11.5. The molecule has 26 nitrogen and oxygen atoms in total. The van der Waals surface area contributed by atoms with Crippen LogP contribution < -0.4 is 47.3 Å². The van der Waals surface area contributed by atoms with Crippen LogP contribution in [0.25, 0.3) is 43.6 Å². The number of aromatic amines is 4. The van der Waals surface area contributed by atoms with Gasteiger partial charge >= 0.3 is 0 Å². The predicted molar refractivity (Wildman–Crippen MR) is 456 cm³/mol. The highest BCUT2D eigenvalue weighted by Crippen LogP contribution is 2.35. The number of carbonyl (C=O) groups is 4. The summed E-state index contributed by atoms with van der Waals surface area (Å²) in [6, 6.07) is 49.3. The fourth-order valence-electron chi connectivity index (χ4n) is 13.0. The first kappa shape index (κ1) is 88.4. The fraction of sp³-hybridized carbons (Fsp3) is 0.259. The number of amides is 4. The number of para-hydroxylation sites is 1. The van der Waals surface area contributed by atoms with Gasteiger partial charge in [0.05, 0.1) is 70.1 Å². The summed E-state index contributed by atoms with van der Waals surface area (Å²) < 4.78 is 134. The molecule has 13 rings (SSSR count). The number of nitrogens with one attached hydrogen (secondary N) is 8. The van der Waals surface area contributed by atoms with Crippen LogP contribution in [0, 0.1) is 0 Å². The maximum atomic E-state index is 12.5. The zero-order valence-corrected chi connectivity index (χ0v) is 71.4. The highest BCUT2D eigenvalue weighted by atomic mass is 79.9. The smallest absolute Gasteiger partial charge is 0.281 e. The summed E-state index contributed by atoms with van der Waals surface area (Å²) in [4.78, 5) is 61.9. The summed E-state index contributed by atoms with van der Waals surface area (Å²) in [5.74, 6) is 1.74. The molecule has 4 heterocycles. The van der Waals surface area contributed by atoms with E-state index in [9.17, 15) is 52.8 Å². The van der Waals surface area contributed by atoms with Crippen LogP contribution in [0.2, 0.25) is 20.1 Å². The molecule has 0 atom stereocenters. The Labute approximate surface area is 699 Å². The van der Waals surface area contributed by atoms with E-state index in [0.717, 1.165) is 104 Å². The monoisotopic (exact) mass is 1800 g/mol. The Kier molecular flexibility index (Phi) is 30.3. The lowest BCUT2D eigenvalue weighted by atomic mass is 10.1. The zero-order valence-electron chi connectivity index (χ0n) is 63.6. The topological polar surface area (TPSA) is 372 Å². The van der Waals surface area contributed by atoms with E-state index in [1.54, 1.807) is 68.8 Å². The van der Waals surface area contributed by atoms with E-state index < -0.39 is 63.7 Å². The van der Waals surface area contributed by atoms with Crippen LogP contribution in [0.1, 0.15) is 107 Å². The third-order valence-electron chi connectivity index (χ3n) is 17.9. The summed E-state index contributed by atoms with van der Waals surface area (Å²) in [6.07, 6.45) is 11.7. The highest BCUT2D eigenvalue weighted by Gasteiger charge is 2.26. The van der Waals surface area contributed by atoms with Crippen molar-refractivity contribution < 1.29 is 81.3 Å². The molecule has 0 saturated carbocycles. The molecule has 4 amide bonds. The number of H-pyrrole nitrogens is 4. The molecular weight excluding hydrogens is 1720 g/mol. The molecule has 0 unspecified atom stereocenters. The molecule has 0 radical (unpaired) electrons. The van der Waals surface area contributed by atoms with E-state index in [1.165, 1.54) is 11.1 Å². The molecule has 0 spiro atoms. The number of fused-ring (bicyclic) bond motifs is 5. The third-order valence-corrected chi connectivity index (χ3v) is 21.7. The van der Waals surface area contributed by atoms with Crippen LogP contribution in [-0.4, -0.2) is 143 Å². The van der Waals surface area contributed by atoms with Gasteiger partial charge in [0, 0.05) is 69.8 Å². The van der Waals surface area contributed by atoms with Gasteiger partial charge in [-0.3, -0.25) is 19.2 Å². The average Bonchev–Trinajstić information content (AvgIpc) is 1.66. The molecule has 8 aromatic carbocycles. The van der Waals surface area contributed by atoms with Crippen molar-refractivity contribution >= 4 is 170 Å². The number of hydrogen-bond donors (Lipinski definition) is 8. The summed E-state index contributed by atoms with van der Waals surface area (Å²) in [6.45, 7) is 1.79. The number of rotatable bonds is 30.